The predicted octanol–water partition coefficient (Wildman–Crippen LogP) is 1.45. The van der Waals surface area contributed by atoms with Gasteiger partial charge >= 0.3 is 5.97 Å². The largest absolute Gasteiger partial charge is 0.478 e. The van der Waals surface area contributed by atoms with Gasteiger partial charge in [0, 0.05) is 6.20 Å². The molecular weight excluding hydrogens is 208 g/mol. The van der Waals surface area contributed by atoms with E-state index in [0.29, 0.717) is 0 Å². The molecule has 1 heterocycles. The molecule has 1 aromatic heterocycles. The number of carbonyl (C=O) groups is 1. The highest BCUT2D eigenvalue weighted by Crippen LogP contribution is 2.27. The van der Waals surface area contributed by atoms with Crippen LogP contribution in [0.3, 0.4) is 0 Å². The van der Waals surface area contributed by atoms with Crippen molar-refractivity contribution in [3.05, 3.63) is 18.0 Å². The molecule has 1 aliphatic carbocycles. The maximum atomic E-state index is 10.7. The highest BCUT2D eigenvalue weighted by Gasteiger charge is 2.24. The molecule has 0 spiro atoms. The second kappa shape index (κ2) is 4.65. The van der Waals surface area contributed by atoms with E-state index in [2.05, 4.69) is 5.10 Å². The fraction of sp³-hybridized carbons (Fsp3) is 0.636. The Hall–Kier alpha value is -1.36. The summed E-state index contributed by atoms with van der Waals surface area (Å²) in [7, 11) is 0. The molecule has 2 unspecified atom stereocenters. The number of hydrogen-bond acceptors (Lipinski definition) is 3. The van der Waals surface area contributed by atoms with Crippen LogP contribution < -0.4 is 0 Å². The second-order valence-corrected chi connectivity index (χ2v) is 4.29. The van der Waals surface area contributed by atoms with Crippen LogP contribution in [0.4, 0.5) is 0 Å². The number of nitrogens with zero attached hydrogens (tertiary/aromatic N) is 2. The fourth-order valence-corrected chi connectivity index (χ4v) is 2.21. The van der Waals surface area contributed by atoms with E-state index in [-0.39, 0.29) is 11.6 Å². The standard InChI is InChI=1S/C11H16N2O3/c14-10-5-3-1-2-4-9(10)13-7-8(6-12-13)11(15)16/h6-7,9-10,14H,1-5H2,(H,15,16). The number of rotatable bonds is 2. The Morgan fingerprint density at radius 2 is 2.12 bits per heavy atom. The average Bonchev–Trinajstić information content (AvgIpc) is 2.63. The zero-order valence-corrected chi connectivity index (χ0v) is 9.04. The minimum atomic E-state index is -0.977. The van der Waals surface area contributed by atoms with Crippen molar-refractivity contribution in [3.63, 3.8) is 0 Å². The van der Waals surface area contributed by atoms with Gasteiger partial charge < -0.3 is 10.2 Å². The predicted molar refractivity (Wildman–Crippen MR) is 57.3 cm³/mol. The number of carboxylic acid groups (broad SMARTS) is 1. The van der Waals surface area contributed by atoms with Gasteiger partial charge in [0.15, 0.2) is 0 Å². The fourth-order valence-electron chi connectivity index (χ4n) is 2.21. The van der Waals surface area contributed by atoms with Crippen LogP contribution >= 0.6 is 0 Å². The SMILES string of the molecule is O=C(O)c1cnn(C2CCCCCC2O)c1. The van der Waals surface area contributed by atoms with Crippen LogP contribution in [-0.4, -0.2) is 32.1 Å². The second-order valence-electron chi connectivity index (χ2n) is 4.29. The number of aliphatic hydroxyl groups excluding tert-OH is 1. The lowest BCUT2D eigenvalue weighted by atomic mass is 10.1. The monoisotopic (exact) mass is 224 g/mol. The van der Waals surface area contributed by atoms with Crippen molar-refractivity contribution in [2.75, 3.05) is 0 Å². The summed E-state index contributed by atoms with van der Waals surface area (Å²) in [4.78, 5) is 10.7. The molecule has 0 aliphatic heterocycles. The van der Waals surface area contributed by atoms with Crippen molar-refractivity contribution < 1.29 is 15.0 Å². The molecule has 5 heteroatoms. The summed E-state index contributed by atoms with van der Waals surface area (Å²) < 4.78 is 1.60. The topological polar surface area (TPSA) is 75.3 Å². The zero-order chi connectivity index (χ0) is 11.5. The highest BCUT2D eigenvalue weighted by atomic mass is 16.4. The number of aromatic carboxylic acids is 1. The van der Waals surface area contributed by atoms with Crippen LogP contribution in [0.2, 0.25) is 0 Å². The van der Waals surface area contributed by atoms with E-state index in [0.717, 1.165) is 32.1 Å². The van der Waals surface area contributed by atoms with Crippen molar-refractivity contribution in [1.82, 2.24) is 9.78 Å². The maximum absolute atomic E-state index is 10.7. The molecule has 1 fully saturated rings. The summed E-state index contributed by atoms with van der Waals surface area (Å²) in [5.41, 5.74) is 0.177. The third-order valence-corrected chi connectivity index (χ3v) is 3.13. The van der Waals surface area contributed by atoms with Crippen molar-refractivity contribution in [1.29, 1.82) is 0 Å². The normalized spacial score (nSPS) is 26.3. The van der Waals surface area contributed by atoms with E-state index in [1.54, 1.807) is 4.68 Å². The van der Waals surface area contributed by atoms with E-state index in [1.807, 2.05) is 0 Å². The van der Waals surface area contributed by atoms with Crippen LogP contribution in [0, 0.1) is 0 Å². The molecule has 1 saturated carbocycles. The Labute approximate surface area is 93.7 Å². The molecule has 0 saturated heterocycles. The van der Waals surface area contributed by atoms with Crippen LogP contribution in [0.5, 0.6) is 0 Å². The molecule has 2 rings (SSSR count). The highest BCUT2D eigenvalue weighted by molar-refractivity contribution is 5.86. The van der Waals surface area contributed by atoms with Gasteiger partial charge in [-0.3, -0.25) is 4.68 Å². The molecule has 0 radical (unpaired) electrons. The molecule has 1 aliphatic rings. The number of aromatic nitrogens is 2. The van der Waals surface area contributed by atoms with E-state index in [1.165, 1.54) is 12.4 Å². The van der Waals surface area contributed by atoms with Gasteiger partial charge in [0.05, 0.1) is 23.9 Å². The summed E-state index contributed by atoms with van der Waals surface area (Å²) in [6.45, 7) is 0. The summed E-state index contributed by atoms with van der Waals surface area (Å²) in [5.74, 6) is -0.977. The molecule has 1 aromatic rings. The Morgan fingerprint density at radius 3 is 2.81 bits per heavy atom. The van der Waals surface area contributed by atoms with Crippen LogP contribution in [0.1, 0.15) is 48.5 Å². The lowest BCUT2D eigenvalue weighted by Gasteiger charge is -2.20. The molecule has 0 bridgehead atoms. The quantitative estimate of drug-likeness (QED) is 0.745. The van der Waals surface area contributed by atoms with Gasteiger partial charge in [0.25, 0.3) is 0 Å². The Balaban J connectivity index is 2.17. The Kier molecular flexibility index (Phi) is 3.24. The maximum Gasteiger partial charge on any atom is 0.338 e. The van der Waals surface area contributed by atoms with Gasteiger partial charge in [0.1, 0.15) is 0 Å². The molecule has 0 amide bonds. The van der Waals surface area contributed by atoms with Gasteiger partial charge in [-0.05, 0) is 12.8 Å². The lowest BCUT2D eigenvalue weighted by molar-refractivity contribution is 0.0695. The number of aliphatic hydroxyl groups is 1. The number of carboxylic acids is 1. The molecule has 88 valence electrons. The van der Waals surface area contributed by atoms with E-state index in [4.69, 9.17) is 5.11 Å². The molecular formula is C11H16N2O3. The first kappa shape index (κ1) is 11.1. The molecule has 16 heavy (non-hydrogen) atoms. The summed E-state index contributed by atoms with van der Waals surface area (Å²) >= 11 is 0. The molecule has 2 N–H and O–H groups in total. The van der Waals surface area contributed by atoms with Crippen molar-refractivity contribution >= 4 is 5.97 Å². The van der Waals surface area contributed by atoms with E-state index < -0.39 is 12.1 Å². The van der Waals surface area contributed by atoms with Crippen LogP contribution in [0.25, 0.3) is 0 Å². The molecule has 0 aromatic carbocycles. The van der Waals surface area contributed by atoms with Gasteiger partial charge in [-0.25, -0.2) is 4.79 Å². The minimum Gasteiger partial charge on any atom is -0.478 e. The van der Waals surface area contributed by atoms with Crippen molar-refractivity contribution in [3.8, 4) is 0 Å². The Bertz CT molecular complexity index is 375. The van der Waals surface area contributed by atoms with Gasteiger partial charge in [-0.1, -0.05) is 19.3 Å². The van der Waals surface area contributed by atoms with Gasteiger partial charge in [-0.2, -0.15) is 5.10 Å². The van der Waals surface area contributed by atoms with E-state index >= 15 is 0 Å². The third-order valence-electron chi connectivity index (χ3n) is 3.13. The summed E-state index contributed by atoms with van der Waals surface area (Å²) in [5, 5.41) is 22.8. The molecule has 2 atom stereocenters. The van der Waals surface area contributed by atoms with Gasteiger partial charge in [-0.15, -0.1) is 0 Å². The first-order chi connectivity index (χ1) is 7.68. The summed E-state index contributed by atoms with van der Waals surface area (Å²) in [6.07, 6.45) is 7.27. The van der Waals surface area contributed by atoms with E-state index in [9.17, 15) is 9.90 Å². The van der Waals surface area contributed by atoms with Crippen molar-refractivity contribution in [2.45, 2.75) is 44.2 Å². The average molecular weight is 224 g/mol. The zero-order valence-electron chi connectivity index (χ0n) is 9.04. The van der Waals surface area contributed by atoms with Crippen LogP contribution in [0.15, 0.2) is 12.4 Å². The first-order valence-electron chi connectivity index (χ1n) is 5.64. The number of hydrogen-bond donors (Lipinski definition) is 2. The summed E-state index contributed by atoms with van der Waals surface area (Å²) in [6, 6.07) is -0.0735. The third kappa shape index (κ3) is 2.24. The lowest BCUT2D eigenvalue weighted by Crippen LogP contribution is -2.23. The van der Waals surface area contributed by atoms with Gasteiger partial charge in [0.2, 0.25) is 0 Å². The van der Waals surface area contributed by atoms with Crippen molar-refractivity contribution in [2.24, 2.45) is 0 Å². The smallest absolute Gasteiger partial charge is 0.338 e. The van der Waals surface area contributed by atoms with Crippen LogP contribution in [-0.2, 0) is 0 Å². The first-order valence-corrected chi connectivity index (χ1v) is 5.64. The Morgan fingerprint density at radius 1 is 1.38 bits per heavy atom. The minimum absolute atomic E-state index is 0.0735. The molecule has 5 nitrogen and oxygen atoms in total.